The fourth-order valence-corrected chi connectivity index (χ4v) is 6.09. The Kier molecular flexibility index (Phi) is 6.80. The Morgan fingerprint density at radius 2 is 1.61 bits per heavy atom. The van der Waals surface area contributed by atoms with Crippen LogP contribution in [-0.4, -0.2) is 21.5 Å². The van der Waals surface area contributed by atoms with Gasteiger partial charge in [0.25, 0.3) is 0 Å². The number of benzene rings is 2. The summed E-state index contributed by atoms with van der Waals surface area (Å²) in [4.78, 5) is 19.2. The average molecular weight is 444 g/mol. The number of aromatic nitrogens is 2. The molecule has 2 aliphatic rings. The predicted octanol–water partition coefficient (Wildman–Crippen LogP) is 6.84. The highest BCUT2D eigenvalue weighted by Gasteiger charge is 2.35. The van der Waals surface area contributed by atoms with E-state index in [1.54, 1.807) is 0 Å². The normalized spacial score (nSPS) is 18.9. The maximum Gasteiger partial charge on any atom is 0.243 e. The van der Waals surface area contributed by atoms with Gasteiger partial charge in [0.1, 0.15) is 11.9 Å². The van der Waals surface area contributed by atoms with Crippen LogP contribution in [0.15, 0.2) is 48.5 Å². The van der Waals surface area contributed by atoms with Gasteiger partial charge >= 0.3 is 0 Å². The summed E-state index contributed by atoms with van der Waals surface area (Å²) in [6, 6.07) is 17.0. The Morgan fingerprint density at radius 1 is 0.939 bits per heavy atom. The average Bonchev–Trinajstić information content (AvgIpc) is 3.24. The molecule has 1 heterocycles. The molecule has 2 fully saturated rings. The van der Waals surface area contributed by atoms with Gasteiger partial charge in [-0.25, -0.2) is 4.98 Å². The van der Waals surface area contributed by atoms with E-state index in [0.29, 0.717) is 12.0 Å². The predicted molar refractivity (Wildman–Crippen MR) is 135 cm³/mol. The molecule has 0 saturated heterocycles. The summed E-state index contributed by atoms with van der Waals surface area (Å²) in [6.07, 6.45) is 12.8. The minimum absolute atomic E-state index is 0.201. The summed E-state index contributed by atoms with van der Waals surface area (Å²) < 4.78 is 2.30. The van der Waals surface area contributed by atoms with Crippen molar-refractivity contribution in [1.82, 2.24) is 14.9 Å². The van der Waals surface area contributed by atoms with Crippen LogP contribution in [-0.2, 0) is 11.2 Å². The third kappa shape index (κ3) is 4.58. The van der Waals surface area contributed by atoms with Crippen LogP contribution < -0.4 is 5.32 Å². The number of amides is 1. The summed E-state index contributed by atoms with van der Waals surface area (Å²) in [7, 11) is 0. The van der Waals surface area contributed by atoms with Crippen LogP contribution in [0.5, 0.6) is 0 Å². The monoisotopic (exact) mass is 443 g/mol. The van der Waals surface area contributed by atoms with Crippen LogP contribution in [0.4, 0.5) is 0 Å². The van der Waals surface area contributed by atoms with E-state index in [1.165, 1.54) is 44.1 Å². The number of fused-ring (bicyclic) bond motifs is 1. The lowest BCUT2D eigenvalue weighted by Crippen LogP contribution is -2.43. The second kappa shape index (κ2) is 10.1. The Morgan fingerprint density at radius 3 is 2.36 bits per heavy atom. The molecule has 4 heteroatoms. The lowest BCUT2D eigenvalue weighted by Gasteiger charge is -2.34. The van der Waals surface area contributed by atoms with E-state index < -0.39 is 0 Å². The van der Waals surface area contributed by atoms with Gasteiger partial charge in [0, 0.05) is 11.6 Å². The SMILES string of the molecule is CCc1ccccc1-c1nc2ccccc2n1C(C(=O)NC1CCCCC1)C1CCCCC1. The minimum Gasteiger partial charge on any atom is -0.352 e. The topological polar surface area (TPSA) is 46.9 Å². The molecule has 1 atom stereocenters. The fraction of sp³-hybridized carbons (Fsp3) is 0.517. The van der Waals surface area contributed by atoms with Crippen molar-refractivity contribution < 1.29 is 4.79 Å². The van der Waals surface area contributed by atoms with Crippen LogP contribution in [0.25, 0.3) is 22.4 Å². The molecule has 5 rings (SSSR count). The van der Waals surface area contributed by atoms with E-state index >= 15 is 0 Å². The van der Waals surface area contributed by atoms with Crippen molar-refractivity contribution >= 4 is 16.9 Å². The van der Waals surface area contributed by atoms with Gasteiger partial charge in [0.15, 0.2) is 0 Å². The Hall–Kier alpha value is -2.62. The minimum atomic E-state index is -0.209. The fourth-order valence-electron chi connectivity index (χ4n) is 6.09. The van der Waals surface area contributed by atoms with Crippen LogP contribution in [0.2, 0.25) is 0 Å². The highest BCUT2D eigenvalue weighted by molar-refractivity contribution is 5.87. The molecular formula is C29H37N3O. The van der Waals surface area contributed by atoms with Crippen molar-refractivity contribution in [1.29, 1.82) is 0 Å². The van der Waals surface area contributed by atoms with Crippen LogP contribution >= 0.6 is 0 Å². The van der Waals surface area contributed by atoms with Crippen molar-refractivity contribution in [2.75, 3.05) is 0 Å². The van der Waals surface area contributed by atoms with Gasteiger partial charge in [-0.1, -0.05) is 81.8 Å². The van der Waals surface area contributed by atoms with Gasteiger partial charge in [0.05, 0.1) is 11.0 Å². The van der Waals surface area contributed by atoms with Crippen molar-refractivity contribution in [3.05, 3.63) is 54.1 Å². The number of nitrogens with one attached hydrogen (secondary N) is 1. The van der Waals surface area contributed by atoms with E-state index in [4.69, 9.17) is 4.98 Å². The first kappa shape index (κ1) is 22.2. The van der Waals surface area contributed by atoms with E-state index in [1.807, 2.05) is 6.07 Å². The molecule has 0 radical (unpaired) electrons. The van der Waals surface area contributed by atoms with Crippen LogP contribution in [0.1, 0.15) is 82.7 Å². The van der Waals surface area contributed by atoms with E-state index in [0.717, 1.165) is 54.5 Å². The van der Waals surface area contributed by atoms with Crippen molar-refractivity contribution in [2.24, 2.45) is 5.92 Å². The van der Waals surface area contributed by atoms with Crippen molar-refractivity contribution in [3.63, 3.8) is 0 Å². The third-order valence-corrected chi connectivity index (χ3v) is 7.83. The van der Waals surface area contributed by atoms with E-state index in [-0.39, 0.29) is 11.9 Å². The third-order valence-electron chi connectivity index (χ3n) is 7.83. The largest absolute Gasteiger partial charge is 0.352 e. The zero-order valence-electron chi connectivity index (χ0n) is 19.9. The molecule has 174 valence electrons. The van der Waals surface area contributed by atoms with Gasteiger partial charge in [0.2, 0.25) is 5.91 Å². The van der Waals surface area contributed by atoms with Crippen molar-refractivity contribution in [2.45, 2.75) is 89.6 Å². The number of hydrogen-bond donors (Lipinski definition) is 1. The molecule has 4 nitrogen and oxygen atoms in total. The molecular weight excluding hydrogens is 406 g/mol. The highest BCUT2D eigenvalue weighted by Crippen LogP contribution is 2.39. The molecule has 0 aliphatic heterocycles. The van der Waals surface area contributed by atoms with Crippen LogP contribution in [0, 0.1) is 5.92 Å². The van der Waals surface area contributed by atoms with Gasteiger partial charge in [-0.2, -0.15) is 0 Å². The maximum absolute atomic E-state index is 14.0. The van der Waals surface area contributed by atoms with Gasteiger partial charge in [-0.3, -0.25) is 4.79 Å². The second-order valence-corrected chi connectivity index (χ2v) is 9.99. The molecule has 1 unspecified atom stereocenters. The number of carbonyl (C=O) groups excluding carboxylic acids is 1. The Bertz CT molecular complexity index is 1090. The lowest BCUT2D eigenvalue weighted by atomic mass is 9.82. The molecule has 33 heavy (non-hydrogen) atoms. The number of para-hydroxylation sites is 2. The molecule has 2 aromatic carbocycles. The molecule has 1 amide bonds. The Balaban J connectivity index is 1.64. The first-order chi connectivity index (χ1) is 16.3. The molecule has 0 bridgehead atoms. The van der Waals surface area contributed by atoms with Crippen molar-refractivity contribution in [3.8, 4) is 11.4 Å². The number of imidazole rings is 1. The van der Waals surface area contributed by atoms with Gasteiger partial charge in [-0.15, -0.1) is 0 Å². The standard InChI is InChI=1S/C29H37N3O/c1-2-21-13-9-10-18-24(21)28-31-25-19-11-12-20-26(25)32(28)27(22-14-5-3-6-15-22)29(33)30-23-16-7-4-8-17-23/h9-13,18-20,22-23,27H,2-8,14-17H2,1H3,(H,30,33). The number of aryl methyl sites for hydroxylation is 1. The number of rotatable bonds is 6. The van der Waals surface area contributed by atoms with Gasteiger partial charge < -0.3 is 9.88 Å². The lowest BCUT2D eigenvalue weighted by molar-refractivity contribution is -0.127. The molecule has 1 N–H and O–H groups in total. The molecule has 2 aliphatic carbocycles. The smallest absolute Gasteiger partial charge is 0.243 e. The molecule has 0 spiro atoms. The number of nitrogens with zero attached hydrogens (tertiary/aromatic N) is 2. The number of carbonyl (C=O) groups is 1. The van der Waals surface area contributed by atoms with E-state index in [9.17, 15) is 4.79 Å². The summed E-state index contributed by atoms with van der Waals surface area (Å²) in [5.41, 5.74) is 4.49. The quantitative estimate of drug-likeness (QED) is 0.453. The number of hydrogen-bond acceptors (Lipinski definition) is 2. The zero-order valence-corrected chi connectivity index (χ0v) is 19.9. The highest BCUT2D eigenvalue weighted by atomic mass is 16.2. The molecule has 2 saturated carbocycles. The molecule has 1 aromatic heterocycles. The zero-order chi connectivity index (χ0) is 22.6. The first-order valence-corrected chi connectivity index (χ1v) is 13.1. The first-order valence-electron chi connectivity index (χ1n) is 13.1. The summed E-state index contributed by atoms with van der Waals surface area (Å²) in [5, 5.41) is 3.49. The summed E-state index contributed by atoms with van der Waals surface area (Å²) >= 11 is 0. The molecule has 3 aromatic rings. The Labute approximate surface area is 197 Å². The summed E-state index contributed by atoms with van der Waals surface area (Å²) in [6.45, 7) is 2.19. The summed E-state index contributed by atoms with van der Waals surface area (Å²) in [5.74, 6) is 1.50. The maximum atomic E-state index is 14.0. The van der Waals surface area contributed by atoms with Crippen LogP contribution in [0.3, 0.4) is 0 Å². The van der Waals surface area contributed by atoms with Gasteiger partial charge in [-0.05, 0) is 55.7 Å². The second-order valence-electron chi connectivity index (χ2n) is 9.99. The van der Waals surface area contributed by atoms with E-state index in [2.05, 4.69) is 59.3 Å².